The number of benzene rings is 2. The number of rotatable bonds is 17. The summed E-state index contributed by atoms with van der Waals surface area (Å²) in [5.74, 6) is 0.192. The number of pyridine rings is 2. The molecule has 0 aliphatic heterocycles. The maximum atomic E-state index is 14.3. The predicted octanol–water partition coefficient (Wildman–Crippen LogP) is 6.70. The molecule has 0 saturated heterocycles. The van der Waals surface area contributed by atoms with Gasteiger partial charge in [0.25, 0.3) is 0 Å². The first kappa shape index (κ1) is 38.2. The molecule has 0 unspecified atom stereocenters. The number of para-hydroxylation sites is 1. The number of ketones is 1. The molecule has 1 amide bonds. The van der Waals surface area contributed by atoms with Crippen molar-refractivity contribution in [2.24, 2.45) is 5.73 Å². The molecule has 0 bridgehead atoms. The molecule has 12 heteroatoms. The number of amides is 1. The van der Waals surface area contributed by atoms with Gasteiger partial charge in [-0.3, -0.25) is 19.6 Å². The average Bonchev–Trinajstić information content (AvgIpc) is 3.58. The SMILES string of the molecule is CCC(=O)CC(=O)N(C)c1ccccc1.Cc1ccc(Oc2ccnc3cc(-c4ccc(CNCCOCCOCCN)cn4)sc23)c(F)c1. The van der Waals surface area contributed by atoms with E-state index in [1.807, 2.05) is 67.7 Å². The number of carbonyl (C=O) groups is 2. The predicted molar refractivity (Wildman–Crippen MR) is 196 cm³/mol. The Bertz CT molecular complexity index is 1800. The van der Waals surface area contributed by atoms with Gasteiger partial charge in [0, 0.05) is 57.3 Å². The molecule has 0 fully saturated rings. The average molecular weight is 702 g/mol. The highest BCUT2D eigenvalue weighted by atomic mass is 32.1. The lowest BCUT2D eigenvalue weighted by molar-refractivity contribution is -0.126. The Morgan fingerprint density at radius 1 is 0.940 bits per heavy atom. The fourth-order valence-corrected chi connectivity index (χ4v) is 5.64. The lowest BCUT2D eigenvalue weighted by atomic mass is 10.2. The number of Topliss-reactive ketones (excluding diaryl/α,β-unsaturated/α-hetero) is 1. The molecule has 0 aliphatic carbocycles. The molecular weight excluding hydrogens is 658 g/mol. The lowest BCUT2D eigenvalue weighted by Crippen LogP contribution is -2.27. The zero-order valence-corrected chi connectivity index (χ0v) is 29.5. The number of nitrogens with two attached hydrogens (primary N) is 1. The number of thiophene rings is 1. The number of anilines is 1. The van der Waals surface area contributed by atoms with E-state index < -0.39 is 0 Å². The van der Waals surface area contributed by atoms with E-state index >= 15 is 0 Å². The molecule has 0 aliphatic rings. The number of carbonyl (C=O) groups excluding carboxylic acids is 2. The fraction of sp³-hybridized carbons (Fsp3) is 0.316. The van der Waals surface area contributed by atoms with E-state index in [1.165, 1.54) is 22.3 Å². The van der Waals surface area contributed by atoms with Crippen LogP contribution in [0.4, 0.5) is 10.1 Å². The van der Waals surface area contributed by atoms with Gasteiger partial charge < -0.3 is 30.2 Å². The second-order valence-corrected chi connectivity index (χ2v) is 12.3. The standard InChI is InChI=1S/C26H29FN4O3S.C12H15NO2/c1-18-2-5-23(20(27)14-18)34-24-6-8-30-22-15-25(35-26(22)24)21-4-3-19(17-31-21)16-29-9-11-33-13-12-32-10-7-28;1-3-11(14)9-12(15)13(2)10-7-5-4-6-8-10/h2-6,8,14-15,17,29H,7,9-13,16,28H2,1H3;4-8H,3,9H2,1-2H3. The van der Waals surface area contributed by atoms with Gasteiger partial charge in [-0.05, 0) is 54.4 Å². The van der Waals surface area contributed by atoms with Gasteiger partial charge >= 0.3 is 0 Å². The van der Waals surface area contributed by atoms with Crippen LogP contribution >= 0.6 is 11.3 Å². The number of nitrogens with one attached hydrogen (secondary N) is 1. The number of hydrogen-bond donors (Lipinski definition) is 2. The molecule has 50 heavy (non-hydrogen) atoms. The van der Waals surface area contributed by atoms with E-state index in [-0.39, 0.29) is 29.7 Å². The van der Waals surface area contributed by atoms with Crippen LogP contribution in [-0.4, -0.2) is 68.2 Å². The zero-order chi connectivity index (χ0) is 35.7. The topological polar surface area (TPSA) is 129 Å². The molecule has 3 heterocycles. The number of nitrogens with zero attached hydrogens (tertiary/aromatic N) is 3. The van der Waals surface area contributed by atoms with E-state index in [0.717, 1.165) is 44.1 Å². The molecular formula is C38H44FN5O5S. The number of ether oxygens (including phenoxy) is 3. The third-order valence-electron chi connectivity index (χ3n) is 7.41. The van der Waals surface area contributed by atoms with Crippen molar-refractivity contribution in [2.75, 3.05) is 51.5 Å². The largest absolute Gasteiger partial charge is 0.453 e. The summed E-state index contributed by atoms with van der Waals surface area (Å²) in [6.07, 6.45) is 3.93. The highest BCUT2D eigenvalue weighted by Crippen LogP contribution is 2.39. The van der Waals surface area contributed by atoms with E-state index in [4.69, 9.17) is 19.9 Å². The molecule has 264 valence electrons. The Kier molecular flexibility index (Phi) is 15.4. The van der Waals surface area contributed by atoms with Crippen LogP contribution in [0, 0.1) is 12.7 Å². The van der Waals surface area contributed by atoms with Crippen LogP contribution < -0.4 is 20.7 Å². The molecule has 5 aromatic rings. The Balaban J connectivity index is 0.000000314. The van der Waals surface area contributed by atoms with Crippen LogP contribution in [0.5, 0.6) is 11.5 Å². The number of aryl methyl sites for hydroxylation is 1. The van der Waals surface area contributed by atoms with Crippen molar-refractivity contribution in [1.29, 1.82) is 0 Å². The monoisotopic (exact) mass is 701 g/mol. The number of halogens is 1. The molecule has 0 atom stereocenters. The molecule has 5 rings (SSSR count). The second-order valence-electron chi connectivity index (χ2n) is 11.3. The minimum Gasteiger partial charge on any atom is -0.453 e. The van der Waals surface area contributed by atoms with Crippen LogP contribution in [0.2, 0.25) is 0 Å². The van der Waals surface area contributed by atoms with Gasteiger partial charge in [0.1, 0.15) is 11.5 Å². The van der Waals surface area contributed by atoms with Crippen LogP contribution in [0.3, 0.4) is 0 Å². The fourth-order valence-electron chi connectivity index (χ4n) is 4.59. The van der Waals surface area contributed by atoms with Crippen molar-refractivity contribution in [3.8, 4) is 22.1 Å². The smallest absolute Gasteiger partial charge is 0.234 e. The van der Waals surface area contributed by atoms with E-state index in [1.54, 1.807) is 32.3 Å². The summed E-state index contributed by atoms with van der Waals surface area (Å²) in [6.45, 7) is 7.88. The van der Waals surface area contributed by atoms with Crippen LogP contribution in [-0.2, 0) is 25.6 Å². The van der Waals surface area contributed by atoms with Gasteiger partial charge in [-0.25, -0.2) is 4.39 Å². The molecule has 0 radical (unpaired) electrons. The van der Waals surface area contributed by atoms with Crippen molar-refractivity contribution < 1.29 is 28.2 Å². The minimum absolute atomic E-state index is 0.0120. The quantitative estimate of drug-likeness (QED) is 0.0804. The maximum absolute atomic E-state index is 14.3. The maximum Gasteiger partial charge on any atom is 0.234 e. The van der Waals surface area contributed by atoms with Gasteiger partial charge in [-0.15, -0.1) is 11.3 Å². The Hall–Kier alpha value is -4.59. The van der Waals surface area contributed by atoms with Crippen molar-refractivity contribution in [1.82, 2.24) is 15.3 Å². The number of aromatic nitrogens is 2. The van der Waals surface area contributed by atoms with Crippen LogP contribution in [0.15, 0.2) is 85.2 Å². The Morgan fingerprint density at radius 2 is 1.72 bits per heavy atom. The van der Waals surface area contributed by atoms with Crippen molar-refractivity contribution >= 4 is 38.9 Å². The van der Waals surface area contributed by atoms with E-state index in [9.17, 15) is 14.0 Å². The highest BCUT2D eigenvalue weighted by molar-refractivity contribution is 7.22. The summed E-state index contributed by atoms with van der Waals surface area (Å²) < 4.78 is 31.8. The number of hydrogen-bond acceptors (Lipinski definition) is 10. The first-order chi connectivity index (χ1) is 24.3. The molecule has 0 spiro atoms. The Morgan fingerprint density at radius 3 is 2.42 bits per heavy atom. The van der Waals surface area contributed by atoms with Crippen LogP contribution in [0.1, 0.15) is 30.9 Å². The second kappa shape index (κ2) is 20.2. The van der Waals surface area contributed by atoms with Crippen LogP contribution in [0.25, 0.3) is 20.8 Å². The first-order valence-electron chi connectivity index (χ1n) is 16.5. The molecule has 3 aromatic heterocycles. The summed E-state index contributed by atoms with van der Waals surface area (Å²) in [6, 6.07) is 22.0. The lowest BCUT2D eigenvalue weighted by Gasteiger charge is -2.16. The third kappa shape index (κ3) is 11.8. The molecule has 2 aromatic carbocycles. The normalized spacial score (nSPS) is 10.8. The van der Waals surface area contributed by atoms with Gasteiger partial charge in [0.2, 0.25) is 5.91 Å². The Labute approximate surface area is 296 Å². The van der Waals surface area contributed by atoms with Gasteiger partial charge in [-0.1, -0.05) is 37.3 Å². The van der Waals surface area contributed by atoms with Gasteiger partial charge in [-0.2, -0.15) is 0 Å². The van der Waals surface area contributed by atoms with Crippen molar-refractivity contribution in [3.63, 3.8) is 0 Å². The minimum atomic E-state index is -0.388. The third-order valence-corrected chi connectivity index (χ3v) is 8.57. The van der Waals surface area contributed by atoms with Gasteiger partial charge in [0.05, 0.1) is 53.6 Å². The van der Waals surface area contributed by atoms with Crippen molar-refractivity contribution in [3.05, 3.63) is 102 Å². The highest BCUT2D eigenvalue weighted by Gasteiger charge is 2.15. The molecule has 3 N–H and O–H groups in total. The summed E-state index contributed by atoms with van der Waals surface area (Å²) in [7, 11) is 1.68. The summed E-state index contributed by atoms with van der Waals surface area (Å²) in [4.78, 5) is 34.3. The van der Waals surface area contributed by atoms with E-state index in [2.05, 4.69) is 15.3 Å². The number of fused-ring (bicyclic) bond motifs is 1. The van der Waals surface area contributed by atoms with Crippen molar-refractivity contribution in [2.45, 2.75) is 33.2 Å². The summed E-state index contributed by atoms with van der Waals surface area (Å²) >= 11 is 1.52. The zero-order valence-electron chi connectivity index (χ0n) is 28.7. The van der Waals surface area contributed by atoms with E-state index in [0.29, 0.717) is 51.7 Å². The molecule has 10 nitrogen and oxygen atoms in total. The summed E-state index contributed by atoms with van der Waals surface area (Å²) in [5, 5.41) is 3.34. The van der Waals surface area contributed by atoms with Gasteiger partial charge in [0.15, 0.2) is 11.6 Å². The summed E-state index contributed by atoms with van der Waals surface area (Å²) in [5.41, 5.74) is 9.74. The first-order valence-corrected chi connectivity index (χ1v) is 17.3. The molecule has 0 saturated carbocycles.